The molecule has 0 spiro atoms. The summed E-state index contributed by atoms with van der Waals surface area (Å²) in [5.74, 6) is 0.202. The first kappa shape index (κ1) is 14.7. The highest BCUT2D eigenvalue weighted by Crippen LogP contribution is 2.43. The molecule has 0 saturated heterocycles. The standard InChI is InChI=1S/C20H18N2O2/c1-24-20(23)17-10-9-15(13-18(17)14-7-8-14)19-11-12-22(21-19)16-5-3-2-4-6-16/h2-6,9-14H,7-8H2,1H3. The molecular formula is C20H18N2O2. The van der Waals surface area contributed by atoms with Gasteiger partial charge in [-0.3, -0.25) is 0 Å². The highest BCUT2D eigenvalue weighted by atomic mass is 16.5. The Bertz CT molecular complexity index is 880. The van der Waals surface area contributed by atoms with E-state index in [2.05, 4.69) is 11.2 Å². The van der Waals surface area contributed by atoms with E-state index in [-0.39, 0.29) is 5.97 Å². The van der Waals surface area contributed by atoms with E-state index >= 15 is 0 Å². The Hall–Kier alpha value is -2.88. The molecular weight excluding hydrogens is 300 g/mol. The molecule has 24 heavy (non-hydrogen) atoms. The van der Waals surface area contributed by atoms with Crippen LogP contribution in [0.5, 0.6) is 0 Å². The number of aromatic nitrogens is 2. The summed E-state index contributed by atoms with van der Waals surface area (Å²) in [6.45, 7) is 0. The normalized spacial score (nSPS) is 13.7. The summed E-state index contributed by atoms with van der Waals surface area (Å²) < 4.78 is 6.77. The minimum Gasteiger partial charge on any atom is -0.465 e. The summed E-state index contributed by atoms with van der Waals surface area (Å²) in [4.78, 5) is 12.0. The van der Waals surface area contributed by atoms with Crippen molar-refractivity contribution in [3.05, 3.63) is 71.9 Å². The number of hydrogen-bond acceptors (Lipinski definition) is 3. The molecule has 1 aliphatic carbocycles. The second-order valence-electron chi connectivity index (χ2n) is 6.05. The number of carbonyl (C=O) groups excluding carboxylic acids is 1. The van der Waals surface area contributed by atoms with Gasteiger partial charge in [0.05, 0.1) is 24.1 Å². The molecule has 1 saturated carbocycles. The Balaban J connectivity index is 1.71. The van der Waals surface area contributed by atoms with E-state index < -0.39 is 0 Å². The van der Waals surface area contributed by atoms with E-state index in [0.717, 1.165) is 35.3 Å². The van der Waals surface area contributed by atoms with Crippen LogP contribution >= 0.6 is 0 Å². The molecule has 0 bridgehead atoms. The number of rotatable bonds is 4. The molecule has 120 valence electrons. The Labute approximate surface area is 140 Å². The second kappa shape index (κ2) is 5.96. The Morgan fingerprint density at radius 3 is 2.62 bits per heavy atom. The third-order valence-corrected chi connectivity index (χ3v) is 4.38. The van der Waals surface area contributed by atoms with E-state index in [0.29, 0.717) is 11.5 Å². The fourth-order valence-corrected chi connectivity index (χ4v) is 2.95. The van der Waals surface area contributed by atoms with E-state index in [9.17, 15) is 4.79 Å². The second-order valence-corrected chi connectivity index (χ2v) is 6.05. The number of methoxy groups -OCH3 is 1. The van der Waals surface area contributed by atoms with Crippen LogP contribution in [0.4, 0.5) is 0 Å². The summed E-state index contributed by atoms with van der Waals surface area (Å²) in [5.41, 5.74) is 4.70. The van der Waals surface area contributed by atoms with Crippen LogP contribution in [0.3, 0.4) is 0 Å². The Morgan fingerprint density at radius 1 is 1.12 bits per heavy atom. The minimum atomic E-state index is -0.265. The number of hydrogen-bond donors (Lipinski definition) is 0. The zero-order valence-electron chi connectivity index (χ0n) is 13.5. The quantitative estimate of drug-likeness (QED) is 0.677. The molecule has 0 radical (unpaired) electrons. The molecule has 1 heterocycles. The van der Waals surface area contributed by atoms with E-state index in [1.54, 1.807) is 0 Å². The van der Waals surface area contributed by atoms with Crippen molar-refractivity contribution >= 4 is 5.97 Å². The van der Waals surface area contributed by atoms with Crippen molar-refractivity contribution in [2.45, 2.75) is 18.8 Å². The fourth-order valence-electron chi connectivity index (χ4n) is 2.95. The van der Waals surface area contributed by atoms with Crippen LogP contribution in [0.1, 0.15) is 34.7 Å². The van der Waals surface area contributed by atoms with E-state index in [4.69, 9.17) is 4.74 Å². The summed E-state index contributed by atoms with van der Waals surface area (Å²) in [6, 6.07) is 17.9. The van der Waals surface area contributed by atoms with Crippen molar-refractivity contribution < 1.29 is 9.53 Å². The summed E-state index contributed by atoms with van der Waals surface area (Å²) in [7, 11) is 1.43. The molecule has 4 rings (SSSR count). The molecule has 0 unspecified atom stereocenters. The lowest BCUT2D eigenvalue weighted by Crippen LogP contribution is -2.05. The van der Waals surface area contributed by atoms with Crippen LogP contribution in [-0.4, -0.2) is 22.9 Å². The highest BCUT2D eigenvalue weighted by molar-refractivity contribution is 5.92. The number of ether oxygens (including phenoxy) is 1. The predicted octanol–water partition coefficient (Wildman–Crippen LogP) is 4.20. The lowest BCUT2D eigenvalue weighted by Gasteiger charge is -2.09. The van der Waals surface area contributed by atoms with Crippen LogP contribution in [0.15, 0.2) is 60.8 Å². The Morgan fingerprint density at radius 2 is 1.92 bits per heavy atom. The number of benzene rings is 2. The first-order valence-electron chi connectivity index (χ1n) is 8.10. The number of carbonyl (C=O) groups is 1. The van der Waals surface area contributed by atoms with Crippen LogP contribution in [0, 0.1) is 0 Å². The van der Waals surface area contributed by atoms with Crippen LogP contribution in [0.25, 0.3) is 16.9 Å². The molecule has 4 nitrogen and oxygen atoms in total. The van der Waals surface area contributed by atoms with Crippen LogP contribution in [0.2, 0.25) is 0 Å². The molecule has 3 aromatic rings. The molecule has 1 fully saturated rings. The predicted molar refractivity (Wildman–Crippen MR) is 92.3 cm³/mol. The first-order valence-corrected chi connectivity index (χ1v) is 8.10. The lowest BCUT2D eigenvalue weighted by atomic mass is 9.99. The van der Waals surface area contributed by atoms with E-state index in [1.807, 2.05) is 59.4 Å². The van der Waals surface area contributed by atoms with Gasteiger partial charge in [0.25, 0.3) is 0 Å². The molecule has 4 heteroatoms. The van der Waals surface area contributed by atoms with Gasteiger partial charge < -0.3 is 4.74 Å². The fraction of sp³-hybridized carbons (Fsp3) is 0.200. The number of esters is 1. The highest BCUT2D eigenvalue weighted by Gasteiger charge is 2.29. The first-order chi connectivity index (χ1) is 11.8. The van der Waals surface area contributed by atoms with Gasteiger partial charge in [0.1, 0.15) is 0 Å². The smallest absolute Gasteiger partial charge is 0.338 e. The zero-order valence-corrected chi connectivity index (χ0v) is 13.5. The third-order valence-electron chi connectivity index (χ3n) is 4.38. The molecule has 2 aromatic carbocycles. The minimum absolute atomic E-state index is 0.265. The SMILES string of the molecule is COC(=O)c1ccc(-c2ccn(-c3ccccc3)n2)cc1C1CC1. The number of nitrogens with zero attached hydrogens (tertiary/aromatic N) is 2. The monoisotopic (exact) mass is 318 g/mol. The largest absolute Gasteiger partial charge is 0.465 e. The van der Waals surface area contributed by atoms with Crippen molar-refractivity contribution in [2.24, 2.45) is 0 Å². The van der Waals surface area contributed by atoms with Crippen molar-refractivity contribution in [3.63, 3.8) is 0 Å². The average Bonchev–Trinajstić information content (AvgIpc) is 3.37. The van der Waals surface area contributed by atoms with Crippen molar-refractivity contribution in [2.75, 3.05) is 7.11 Å². The maximum atomic E-state index is 12.0. The molecule has 0 N–H and O–H groups in total. The molecule has 1 aromatic heterocycles. The lowest BCUT2D eigenvalue weighted by molar-refractivity contribution is 0.0599. The molecule has 1 aliphatic rings. The van der Waals surface area contributed by atoms with Crippen molar-refractivity contribution in [1.82, 2.24) is 9.78 Å². The van der Waals surface area contributed by atoms with Gasteiger partial charge in [-0.15, -0.1) is 0 Å². The maximum Gasteiger partial charge on any atom is 0.338 e. The van der Waals surface area contributed by atoms with Gasteiger partial charge in [0.15, 0.2) is 0 Å². The Kier molecular flexibility index (Phi) is 3.65. The van der Waals surface area contributed by atoms with Gasteiger partial charge in [0.2, 0.25) is 0 Å². The number of para-hydroxylation sites is 1. The molecule has 0 atom stereocenters. The van der Waals surface area contributed by atoms with Crippen LogP contribution < -0.4 is 0 Å². The summed E-state index contributed by atoms with van der Waals surface area (Å²) in [6.07, 6.45) is 4.22. The van der Waals surface area contributed by atoms with Gasteiger partial charge in [-0.25, -0.2) is 9.48 Å². The van der Waals surface area contributed by atoms with Gasteiger partial charge in [-0.2, -0.15) is 5.10 Å². The summed E-state index contributed by atoms with van der Waals surface area (Å²) in [5, 5.41) is 4.67. The van der Waals surface area contributed by atoms with Crippen molar-refractivity contribution in [1.29, 1.82) is 0 Å². The van der Waals surface area contributed by atoms with Gasteiger partial charge in [-0.1, -0.05) is 24.3 Å². The van der Waals surface area contributed by atoms with Crippen molar-refractivity contribution in [3.8, 4) is 16.9 Å². The van der Waals surface area contributed by atoms with Gasteiger partial charge >= 0.3 is 5.97 Å². The zero-order chi connectivity index (χ0) is 16.5. The molecule has 0 aliphatic heterocycles. The third kappa shape index (κ3) is 2.71. The van der Waals surface area contributed by atoms with Gasteiger partial charge in [0, 0.05) is 11.8 Å². The topological polar surface area (TPSA) is 44.1 Å². The maximum absolute atomic E-state index is 12.0. The van der Waals surface area contributed by atoms with Crippen LogP contribution in [-0.2, 0) is 4.74 Å². The average molecular weight is 318 g/mol. The summed E-state index contributed by atoms with van der Waals surface area (Å²) >= 11 is 0. The van der Waals surface area contributed by atoms with Gasteiger partial charge in [-0.05, 0) is 54.7 Å². The molecule has 0 amide bonds. The van der Waals surface area contributed by atoms with E-state index in [1.165, 1.54) is 7.11 Å².